The molecular weight excluding hydrogens is 398 g/mol. The summed E-state index contributed by atoms with van der Waals surface area (Å²) in [4.78, 5) is 23.6. The van der Waals surface area contributed by atoms with Gasteiger partial charge in [-0.2, -0.15) is 0 Å². The quantitative estimate of drug-likeness (QED) is 0.484. The Hall–Kier alpha value is -4.00. The predicted molar refractivity (Wildman–Crippen MR) is 114 cm³/mol. The molecule has 0 bridgehead atoms. The number of nitrogens with one attached hydrogen (secondary N) is 1. The number of carbonyl (C=O) groups is 2. The second kappa shape index (κ2) is 10.7. The van der Waals surface area contributed by atoms with Crippen molar-refractivity contribution in [1.29, 1.82) is 0 Å². The van der Waals surface area contributed by atoms with Crippen LogP contribution in [0.3, 0.4) is 0 Å². The minimum Gasteiger partial charge on any atom is -0.504 e. The van der Waals surface area contributed by atoms with Crippen molar-refractivity contribution in [3.8, 4) is 11.5 Å². The van der Waals surface area contributed by atoms with Crippen LogP contribution in [-0.4, -0.2) is 28.3 Å². The number of amides is 1. The van der Waals surface area contributed by atoms with Gasteiger partial charge in [-0.25, -0.2) is 9.59 Å². The topological polar surface area (TPSA) is 105 Å². The van der Waals surface area contributed by atoms with E-state index in [1.54, 1.807) is 24.3 Å². The lowest BCUT2D eigenvalue weighted by Gasteiger charge is -2.16. The van der Waals surface area contributed by atoms with Gasteiger partial charge in [0.05, 0.1) is 0 Å². The first-order valence-corrected chi connectivity index (χ1v) is 9.70. The van der Waals surface area contributed by atoms with Gasteiger partial charge >= 0.3 is 12.1 Å². The standard InChI is InChI=1S/C24H23NO6/c26-21-14-19(11-12-22(21)30-15-17-7-3-1-4-8-17)13-20(23(27)28)25-24(29)31-16-18-9-5-2-6-10-18/h1-12,14,20,26H,13,15-16H2,(H,25,29)(H,27,28)/t20-/m0/s1. The average Bonchev–Trinajstić information content (AvgIpc) is 2.78. The number of benzene rings is 3. The van der Waals surface area contributed by atoms with Crippen LogP contribution in [0.1, 0.15) is 16.7 Å². The number of hydrogen-bond acceptors (Lipinski definition) is 5. The molecule has 0 unspecified atom stereocenters. The van der Waals surface area contributed by atoms with E-state index < -0.39 is 18.1 Å². The Morgan fingerprint density at radius 1 is 0.839 bits per heavy atom. The van der Waals surface area contributed by atoms with E-state index in [0.29, 0.717) is 12.2 Å². The van der Waals surface area contributed by atoms with E-state index in [1.807, 2.05) is 48.5 Å². The first-order valence-electron chi connectivity index (χ1n) is 9.70. The summed E-state index contributed by atoms with van der Waals surface area (Å²) < 4.78 is 10.7. The van der Waals surface area contributed by atoms with Crippen molar-refractivity contribution in [3.63, 3.8) is 0 Å². The number of carbonyl (C=O) groups excluding carboxylic acids is 1. The van der Waals surface area contributed by atoms with Crippen LogP contribution < -0.4 is 10.1 Å². The van der Waals surface area contributed by atoms with Gasteiger partial charge in [-0.15, -0.1) is 0 Å². The summed E-state index contributed by atoms with van der Waals surface area (Å²) >= 11 is 0. The Morgan fingerprint density at radius 3 is 2.03 bits per heavy atom. The fraction of sp³-hybridized carbons (Fsp3) is 0.167. The molecule has 0 aliphatic rings. The third-order valence-corrected chi connectivity index (χ3v) is 4.50. The van der Waals surface area contributed by atoms with Crippen molar-refractivity contribution in [1.82, 2.24) is 5.32 Å². The zero-order valence-corrected chi connectivity index (χ0v) is 16.7. The molecule has 3 aromatic rings. The van der Waals surface area contributed by atoms with Crippen LogP contribution in [0.2, 0.25) is 0 Å². The van der Waals surface area contributed by atoms with Crippen molar-refractivity contribution in [3.05, 3.63) is 95.6 Å². The van der Waals surface area contributed by atoms with Crippen LogP contribution in [0.4, 0.5) is 4.79 Å². The molecule has 0 aliphatic carbocycles. The molecule has 0 aliphatic heterocycles. The van der Waals surface area contributed by atoms with Gasteiger partial charge in [-0.3, -0.25) is 0 Å². The number of rotatable bonds is 9. The summed E-state index contributed by atoms with van der Waals surface area (Å²) in [6, 6.07) is 22.0. The van der Waals surface area contributed by atoms with Gasteiger partial charge in [-0.05, 0) is 28.8 Å². The summed E-state index contributed by atoms with van der Waals surface area (Å²) in [5.41, 5.74) is 2.27. The van der Waals surface area contributed by atoms with Crippen molar-refractivity contribution >= 4 is 12.1 Å². The van der Waals surface area contributed by atoms with Crippen molar-refractivity contribution in [2.75, 3.05) is 0 Å². The second-order valence-corrected chi connectivity index (χ2v) is 6.88. The Morgan fingerprint density at radius 2 is 1.45 bits per heavy atom. The predicted octanol–water partition coefficient (Wildman–Crippen LogP) is 3.89. The Balaban J connectivity index is 1.55. The molecule has 0 spiro atoms. The van der Waals surface area contributed by atoms with Gasteiger partial charge in [0.15, 0.2) is 11.5 Å². The van der Waals surface area contributed by atoms with Crippen molar-refractivity contribution < 1.29 is 29.3 Å². The van der Waals surface area contributed by atoms with Gasteiger partial charge in [0.25, 0.3) is 0 Å². The maximum absolute atomic E-state index is 12.0. The highest BCUT2D eigenvalue weighted by Crippen LogP contribution is 2.28. The summed E-state index contributed by atoms with van der Waals surface area (Å²) in [6.07, 6.45) is -0.856. The monoisotopic (exact) mass is 421 g/mol. The third-order valence-electron chi connectivity index (χ3n) is 4.50. The van der Waals surface area contributed by atoms with E-state index in [9.17, 15) is 19.8 Å². The number of phenols is 1. The van der Waals surface area contributed by atoms with Gasteiger partial charge in [0, 0.05) is 6.42 Å². The molecule has 0 saturated heterocycles. The summed E-state index contributed by atoms with van der Waals surface area (Å²) in [5, 5.41) is 22.0. The van der Waals surface area contributed by atoms with Gasteiger partial charge in [-0.1, -0.05) is 66.7 Å². The number of phenolic OH excluding ortho intramolecular Hbond substituents is 1. The largest absolute Gasteiger partial charge is 0.504 e. The molecule has 1 atom stereocenters. The molecule has 0 aromatic heterocycles. The molecule has 3 rings (SSSR count). The lowest BCUT2D eigenvalue weighted by Crippen LogP contribution is -2.42. The maximum Gasteiger partial charge on any atom is 0.408 e. The SMILES string of the molecule is O=C(N[C@@H](Cc1ccc(OCc2ccccc2)c(O)c1)C(=O)O)OCc1ccccc1. The minimum atomic E-state index is -1.21. The Labute approximate surface area is 179 Å². The second-order valence-electron chi connectivity index (χ2n) is 6.88. The fourth-order valence-electron chi connectivity index (χ4n) is 2.89. The molecule has 31 heavy (non-hydrogen) atoms. The van der Waals surface area contributed by atoms with E-state index in [2.05, 4.69) is 5.32 Å². The smallest absolute Gasteiger partial charge is 0.408 e. The third kappa shape index (κ3) is 6.78. The molecular formula is C24H23NO6. The molecule has 7 heteroatoms. The first kappa shape index (κ1) is 21.7. The fourth-order valence-corrected chi connectivity index (χ4v) is 2.89. The van der Waals surface area contributed by atoms with Crippen LogP contribution in [0.5, 0.6) is 11.5 Å². The Bertz CT molecular complexity index is 1010. The van der Waals surface area contributed by atoms with Crippen LogP contribution in [0.15, 0.2) is 78.9 Å². The molecule has 0 heterocycles. The summed E-state index contributed by atoms with van der Waals surface area (Å²) in [5.74, 6) is -1.03. The first-order chi connectivity index (χ1) is 15.0. The van der Waals surface area contributed by atoms with Gasteiger partial charge < -0.3 is 25.0 Å². The van der Waals surface area contributed by atoms with E-state index in [0.717, 1.165) is 11.1 Å². The molecule has 0 radical (unpaired) electrons. The highest BCUT2D eigenvalue weighted by molar-refractivity contribution is 5.80. The van der Waals surface area contributed by atoms with Crippen molar-refractivity contribution in [2.24, 2.45) is 0 Å². The highest BCUT2D eigenvalue weighted by atomic mass is 16.5. The lowest BCUT2D eigenvalue weighted by molar-refractivity contribution is -0.139. The van der Waals surface area contributed by atoms with E-state index >= 15 is 0 Å². The number of alkyl carbamates (subject to hydrolysis) is 1. The van der Waals surface area contributed by atoms with Gasteiger partial charge in [0.1, 0.15) is 19.3 Å². The molecule has 160 valence electrons. The van der Waals surface area contributed by atoms with Crippen LogP contribution in [-0.2, 0) is 29.2 Å². The van der Waals surface area contributed by atoms with Crippen LogP contribution >= 0.6 is 0 Å². The molecule has 7 nitrogen and oxygen atoms in total. The number of hydrogen-bond donors (Lipinski definition) is 3. The molecule has 0 fully saturated rings. The number of carboxylic acid groups (broad SMARTS) is 1. The summed E-state index contributed by atoms with van der Waals surface area (Å²) in [7, 11) is 0. The lowest BCUT2D eigenvalue weighted by atomic mass is 10.1. The highest BCUT2D eigenvalue weighted by Gasteiger charge is 2.22. The van der Waals surface area contributed by atoms with Crippen molar-refractivity contribution in [2.45, 2.75) is 25.7 Å². The van der Waals surface area contributed by atoms with Gasteiger partial charge in [0.2, 0.25) is 0 Å². The normalized spacial score (nSPS) is 11.4. The summed E-state index contributed by atoms with van der Waals surface area (Å²) in [6.45, 7) is 0.327. The Kier molecular flexibility index (Phi) is 7.48. The van der Waals surface area contributed by atoms with E-state index in [-0.39, 0.29) is 24.5 Å². The number of carboxylic acids is 1. The average molecular weight is 421 g/mol. The molecule has 3 N–H and O–H groups in total. The van der Waals surface area contributed by atoms with Crippen LogP contribution in [0, 0.1) is 0 Å². The number of aliphatic carboxylic acids is 1. The molecule has 3 aromatic carbocycles. The maximum atomic E-state index is 12.0. The minimum absolute atomic E-state index is 0.0255. The number of aromatic hydroxyl groups is 1. The zero-order chi connectivity index (χ0) is 22.1. The molecule has 0 saturated carbocycles. The van der Waals surface area contributed by atoms with E-state index in [1.165, 1.54) is 6.07 Å². The zero-order valence-electron chi connectivity index (χ0n) is 16.7. The molecule has 1 amide bonds. The number of ether oxygens (including phenoxy) is 2. The van der Waals surface area contributed by atoms with Crippen LogP contribution in [0.25, 0.3) is 0 Å². The van der Waals surface area contributed by atoms with E-state index in [4.69, 9.17) is 9.47 Å².